The van der Waals surface area contributed by atoms with Crippen molar-refractivity contribution in [2.24, 2.45) is 0 Å². The maximum atomic E-state index is 5.28. The monoisotopic (exact) mass is 192 g/mol. The zero-order chi connectivity index (χ0) is 6.57. The molecule has 0 spiro atoms. The molecule has 0 rings (SSSR count). The third kappa shape index (κ3) is 6.90. The molecule has 8 heavy (non-hydrogen) atoms. The van der Waals surface area contributed by atoms with Crippen LogP contribution in [-0.2, 0) is 0 Å². The summed E-state index contributed by atoms with van der Waals surface area (Å²) in [5.41, 5.74) is 0. The summed E-state index contributed by atoms with van der Waals surface area (Å²) in [6, 6.07) is 0. The van der Waals surface area contributed by atoms with Gasteiger partial charge in [0.2, 0.25) is 0 Å². The Balaban J connectivity index is 3.34. The maximum absolute atomic E-state index is 5.28. The van der Waals surface area contributed by atoms with Gasteiger partial charge in [0.05, 0.1) is 0 Å². The molecule has 0 amide bonds. The van der Waals surface area contributed by atoms with Crippen molar-refractivity contribution in [2.45, 2.75) is 9.67 Å². The van der Waals surface area contributed by atoms with E-state index in [2.05, 4.69) is 0 Å². The van der Waals surface area contributed by atoms with Gasteiger partial charge in [-0.3, -0.25) is 0 Å². The first-order valence-electron chi connectivity index (χ1n) is 1.87. The van der Waals surface area contributed by atoms with Crippen LogP contribution in [0.1, 0.15) is 0 Å². The zero-order valence-corrected chi connectivity index (χ0v) is 6.84. The van der Waals surface area contributed by atoms with E-state index in [9.17, 15) is 0 Å². The van der Waals surface area contributed by atoms with Gasteiger partial charge in [0, 0.05) is 0 Å². The number of halogens is 4. The predicted octanol–water partition coefficient (Wildman–Crippen LogP) is 3.15. The van der Waals surface area contributed by atoms with Gasteiger partial charge in [-0.25, -0.2) is 0 Å². The number of hydrogen-bond acceptors (Lipinski definition) is 0. The van der Waals surface area contributed by atoms with Crippen LogP contribution in [0.15, 0.2) is 12.2 Å². The Kier molecular flexibility index (Phi) is 5.28. The molecule has 0 aromatic rings. The van der Waals surface area contributed by atoms with Gasteiger partial charge in [0.25, 0.3) is 0 Å². The van der Waals surface area contributed by atoms with E-state index in [1.807, 2.05) is 0 Å². The highest BCUT2D eigenvalue weighted by atomic mass is 35.5. The molecule has 0 aromatic carbocycles. The molecule has 0 saturated carbocycles. The summed E-state index contributed by atoms with van der Waals surface area (Å²) in [6.45, 7) is 0. The first-order valence-corrected chi connectivity index (χ1v) is 3.62. The highest BCUT2D eigenvalue weighted by molar-refractivity contribution is 6.47. The third-order valence-electron chi connectivity index (χ3n) is 0.402. The second-order valence-electron chi connectivity index (χ2n) is 1.05. The Morgan fingerprint density at radius 2 is 1.00 bits per heavy atom. The number of hydrogen-bond donors (Lipinski definition) is 0. The summed E-state index contributed by atoms with van der Waals surface area (Å²) in [5.74, 6) is 0. The molecule has 0 atom stereocenters. The molecule has 48 valence electrons. The van der Waals surface area contributed by atoms with Crippen molar-refractivity contribution >= 4 is 46.4 Å². The summed E-state index contributed by atoms with van der Waals surface area (Å²) < 4.78 is 0. The molecule has 0 nitrogen and oxygen atoms in total. The molecule has 0 heterocycles. The van der Waals surface area contributed by atoms with E-state index in [-0.39, 0.29) is 0 Å². The van der Waals surface area contributed by atoms with Crippen LogP contribution in [0.3, 0.4) is 0 Å². The molecule has 0 bridgehead atoms. The first-order chi connectivity index (χ1) is 3.63. The molecule has 0 N–H and O–H groups in total. The molecule has 0 aliphatic rings. The van der Waals surface area contributed by atoms with Gasteiger partial charge in [-0.2, -0.15) is 0 Å². The summed E-state index contributed by atoms with van der Waals surface area (Å²) in [6.07, 6.45) is 3.02. The topological polar surface area (TPSA) is 0 Å². The minimum Gasteiger partial charge on any atom is -0.101 e. The van der Waals surface area contributed by atoms with Crippen molar-refractivity contribution < 1.29 is 0 Å². The molecule has 0 aromatic heterocycles. The Hall–Kier alpha value is 0.900. The average molecular weight is 194 g/mol. The SMILES string of the molecule is ClC(Cl)C=CC(Cl)Cl. The van der Waals surface area contributed by atoms with Gasteiger partial charge in [0.1, 0.15) is 9.67 Å². The highest BCUT2D eigenvalue weighted by Gasteiger charge is 1.92. The van der Waals surface area contributed by atoms with Crippen LogP contribution < -0.4 is 0 Å². The first kappa shape index (κ1) is 8.90. The lowest BCUT2D eigenvalue weighted by Gasteiger charge is -1.88. The minimum atomic E-state index is -0.519. The van der Waals surface area contributed by atoms with Crippen LogP contribution in [0.2, 0.25) is 0 Å². The summed E-state index contributed by atoms with van der Waals surface area (Å²) in [5, 5.41) is 0. The molecule has 0 radical (unpaired) electrons. The molecule has 0 aliphatic carbocycles. The smallest absolute Gasteiger partial charge is 0.101 e. The summed E-state index contributed by atoms with van der Waals surface area (Å²) in [7, 11) is 0. The number of alkyl halides is 4. The average Bonchev–Trinajstić information content (AvgIpc) is 1.61. The molecular weight excluding hydrogens is 190 g/mol. The molecule has 0 fully saturated rings. The van der Waals surface area contributed by atoms with Crippen LogP contribution in [-0.4, -0.2) is 9.67 Å². The van der Waals surface area contributed by atoms with Crippen LogP contribution >= 0.6 is 46.4 Å². The highest BCUT2D eigenvalue weighted by Crippen LogP contribution is 2.08. The fourth-order valence-corrected chi connectivity index (χ4v) is 0.504. The van der Waals surface area contributed by atoms with Gasteiger partial charge < -0.3 is 0 Å². The van der Waals surface area contributed by atoms with Crippen LogP contribution in [0.25, 0.3) is 0 Å². The second-order valence-corrected chi connectivity index (χ2v) is 3.38. The Morgan fingerprint density at radius 1 is 0.750 bits per heavy atom. The molecule has 0 saturated heterocycles. The van der Waals surface area contributed by atoms with E-state index in [4.69, 9.17) is 46.4 Å². The largest absolute Gasteiger partial charge is 0.126 e. The molecule has 0 unspecified atom stereocenters. The normalized spacial score (nSPS) is 12.2. The number of rotatable bonds is 2. The van der Waals surface area contributed by atoms with Crippen molar-refractivity contribution in [3.8, 4) is 0 Å². The predicted molar refractivity (Wildman–Crippen MR) is 40.1 cm³/mol. The van der Waals surface area contributed by atoms with Crippen molar-refractivity contribution in [1.82, 2.24) is 0 Å². The maximum Gasteiger partial charge on any atom is 0.126 e. The van der Waals surface area contributed by atoms with E-state index >= 15 is 0 Å². The van der Waals surface area contributed by atoms with Crippen molar-refractivity contribution in [3.63, 3.8) is 0 Å². The fraction of sp³-hybridized carbons (Fsp3) is 0.500. The van der Waals surface area contributed by atoms with Gasteiger partial charge in [-0.15, -0.1) is 46.4 Å². The van der Waals surface area contributed by atoms with Crippen LogP contribution in [0.5, 0.6) is 0 Å². The molecular formula is C4H4Cl4. The number of allylic oxidation sites excluding steroid dienone is 2. The van der Waals surface area contributed by atoms with Gasteiger partial charge in [-0.1, -0.05) is 12.2 Å². The standard InChI is InChI=1S/C4H4Cl4/c5-3(6)1-2-4(7)8/h1-4H. The van der Waals surface area contributed by atoms with Gasteiger partial charge >= 0.3 is 0 Å². The lowest BCUT2D eigenvalue weighted by atomic mass is 10.6. The van der Waals surface area contributed by atoms with E-state index in [1.54, 1.807) is 0 Å². The Labute approximate surface area is 68.4 Å². The van der Waals surface area contributed by atoms with E-state index in [1.165, 1.54) is 12.2 Å². The van der Waals surface area contributed by atoms with Gasteiger partial charge in [0.15, 0.2) is 0 Å². The zero-order valence-electron chi connectivity index (χ0n) is 3.82. The van der Waals surface area contributed by atoms with Crippen LogP contribution in [0, 0.1) is 0 Å². The van der Waals surface area contributed by atoms with Gasteiger partial charge in [-0.05, 0) is 0 Å². The molecule has 0 aliphatic heterocycles. The fourth-order valence-electron chi connectivity index (χ4n) is 0.168. The lowest BCUT2D eigenvalue weighted by molar-refractivity contribution is 1.50. The van der Waals surface area contributed by atoms with Crippen molar-refractivity contribution in [3.05, 3.63) is 12.2 Å². The van der Waals surface area contributed by atoms with Crippen molar-refractivity contribution in [2.75, 3.05) is 0 Å². The second kappa shape index (κ2) is 4.75. The lowest BCUT2D eigenvalue weighted by Crippen LogP contribution is -1.80. The van der Waals surface area contributed by atoms with E-state index in [0.29, 0.717) is 0 Å². The van der Waals surface area contributed by atoms with Crippen molar-refractivity contribution in [1.29, 1.82) is 0 Å². The van der Waals surface area contributed by atoms with E-state index < -0.39 is 9.67 Å². The van der Waals surface area contributed by atoms with Crippen LogP contribution in [0.4, 0.5) is 0 Å². The Morgan fingerprint density at radius 3 is 1.12 bits per heavy atom. The Bertz CT molecular complexity index is 66.1. The molecule has 4 heteroatoms. The quantitative estimate of drug-likeness (QED) is 0.467. The third-order valence-corrected chi connectivity index (χ3v) is 0.984. The van der Waals surface area contributed by atoms with E-state index in [0.717, 1.165) is 0 Å². The minimum absolute atomic E-state index is 0.519. The summed E-state index contributed by atoms with van der Waals surface area (Å²) >= 11 is 21.1. The summed E-state index contributed by atoms with van der Waals surface area (Å²) in [4.78, 5) is -1.04.